The van der Waals surface area contributed by atoms with E-state index in [0.29, 0.717) is 4.90 Å². The molecule has 0 radical (unpaired) electrons. The quantitative estimate of drug-likeness (QED) is 0.210. The molecule has 6 nitrogen and oxygen atoms in total. The number of hydrogen-bond acceptors (Lipinski definition) is 5. The molecule has 0 unspecified atom stereocenters. The average Bonchev–Trinajstić information content (AvgIpc) is 3.42. The molecular weight excluding hydrogens is 613 g/mol. The molecule has 1 N–H and O–H groups in total. The summed E-state index contributed by atoms with van der Waals surface area (Å²) < 4.78 is 85.4. The summed E-state index contributed by atoms with van der Waals surface area (Å²) in [6.07, 6.45) is -9.45. The lowest BCUT2D eigenvalue weighted by Gasteiger charge is -2.36. The summed E-state index contributed by atoms with van der Waals surface area (Å²) in [6.45, 7) is 0. The van der Waals surface area contributed by atoms with Crippen molar-refractivity contribution in [3.05, 3.63) is 99.0 Å². The summed E-state index contributed by atoms with van der Waals surface area (Å²) in [5, 5.41) is 2.73. The molecule has 0 aromatic heterocycles. The second-order valence-corrected chi connectivity index (χ2v) is 10.5. The number of fused-ring (bicyclic) bond motifs is 1. The summed E-state index contributed by atoms with van der Waals surface area (Å²) in [6, 6.07) is 9.72. The van der Waals surface area contributed by atoms with Crippen LogP contribution >= 0.6 is 23.2 Å². The SMILES string of the molecule is COC(=O)[C@@H]1NC(c2ccc(C(F)(F)F)cc2)(c2ccc(C(F)(F)F)cc2)[C@@H]2C(=O)N(c3c(Cl)cccc3Cl)C(=O)[C@@H]21. The second kappa shape index (κ2) is 10.3. The largest absolute Gasteiger partial charge is 0.468 e. The van der Waals surface area contributed by atoms with Crippen molar-refractivity contribution in [3.8, 4) is 0 Å². The molecule has 0 saturated carbocycles. The third-order valence-electron chi connectivity index (χ3n) is 7.51. The highest BCUT2D eigenvalue weighted by molar-refractivity contribution is 6.42. The van der Waals surface area contributed by atoms with Crippen LogP contribution in [0.25, 0.3) is 0 Å². The van der Waals surface area contributed by atoms with E-state index in [9.17, 15) is 40.7 Å². The van der Waals surface area contributed by atoms with Gasteiger partial charge >= 0.3 is 18.3 Å². The van der Waals surface area contributed by atoms with Crippen LogP contribution in [0.15, 0.2) is 66.7 Å². The van der Waals surface area contributed by atoms with Crippen LogP contribution in [0, 0.1) is 11.8 Å². The molecule has 3 aromatic rings. The Kier molecular flexibility index (Phi) is 7.31. The minimum absolute atomic E-state index is 0.0232. The number of anilines is 1. The van der Waals surface area contributed by atoms with Crippen molar-refractivity contribution in [2.45, 2.75) is 23.9 Å². The minimum Gasteiger partial charge on any atom is -0.468 e. The summed E-state index contributed by atoms with van der Waals surface area (Å²) in [5.74, 6) is -5.88. The van der Waals surface area contributed by atoms with Crippen molar-refractivity contribution >= 4 is 46.7 Å². The number of halogens is 8. The zero-order chi connectivity index (χ0) is 30.8. The van der Waals surface area contributed by atoms with Gasteiger partial charge in [0.05, 0.1) is 51.3 Å². The number of nitrogens with one attached hydrogen (secondary N) is 1. The van der Waals surface area contributed by atoms with E-state index >= 15 is 0 Å². The van der Waals surface area contributed by atoms with Gasteiger partial charge in [0.2, 0.25) is 11.8 Å². The van der Waals surface area contributed by atoms with E-state index in [0.717, 1.165) is 55.6 Å². The summed E-state index contributed by atoms with van der Waals surface area (Å²) in [4.78, 5) is 41.8. The molecule has 0 bridgehead atoms. The maximum absolute atomic E-state index is 14.2. The van der Waals surface area contributed by atoms with E-state index in [2.05, 4.69) is 5.32 Å². The molecular formula is C28H18Cl2F6N2O4. The zero-order valence-corrected chi connectivity index (χ0v) is 22.7. The molecule has 3 atom stereocenters. The van der Waals surface area contributed by atoms with Crippen LogP contribution in [-0.2, 0) is 37.0 Å². The van der Waals surface area contributed by atoms with Crippen molar-refractivity contribution in [3.63, 3.8) is 0 Å². The van der Waals surface area contributed by atoms with Gasteiger partial charge in [0.1, 0.15) is 6.04 Å². The molecule has 2 amide bonds. The van der Waals surface area contributed by atoms with Gasteiger partial charge in [-0.05, 0) is 47.5 Å². The number of esters is 1. The van der Waals surface area contributed by atoms with Crippen LogP contribution in [0.4, 0.5) is 32.0 Å². The number of nitrogens with zero attached hydrogens (tertiary/aromatic N) is 1. The predicted octanol–water partition coefficient (Wildman–Crippen LogP) is 6.23. The molecule has 14 heteroatoms. The van der Waals surface area contributed by atoms with Crippen LogP contribution in [0.2, 0.25) is 10.0 Å². The molecule has 3 aromatic carbocycles. The van der Waals surface area contributed by atoms with Crippen molar-refractivity contribution in [2.24, 2.45) is 11.8 Å². The number of amides is 2. The molecule has 2 heterocycles. The van der Waals surface area contributed by atoms with Gasteiger partial charge in [-0.3, -0.25) is 19.7 Å². The zero-order valence-electron chi connectivity index (χ0n) is 21.2. The van der Waals surface area contributed by atoms with E-state index in [1.807, 2.05) is 0 Å². The molecule has 2 aliphatic rings. The number of carbonyl (C=O) groups excluding carboxylic acids is 3. The van der Waals surface area contributed by atoms with Crippen molar-refractivity contribution in [2.75, 3.05) is 12.0 Å². The highest BCUT2D eigenvalue weighted by Gasteiger charge is 2.68. The van der Waals surface area contributed by atoms with E-state index in [1.165, 1.54) is 18.2 Å². The number of hydrogen-bond donors (Lipinski definition) is 1. The maximum Gasteiger partial charge on any atom is 0.416 e. The molecule has 220 valence electrons. The van der Waals surface area contributed by atoms with Crippen molar-refractivity contribution < 1.29 is 45.5 Å². The Morgan fingerprint density at radius 3 is 1.67 bits per heavy atom. The summed E-state index contributed by atoms with van der Waals surface area (Å²) in [5.41, 5.74) is -4.26. The first-order valence-corrected chi connectivity index (χ1v) is 12.9. The topological polar surface area (TPSA) is 75.7 Å². The number of carbonyl (C=O) groups is 3. The first-order chi connectivity index (χ1) is 19.6. The van der Waals surface area contributed by atoms with Gasteiger partial charge in [-0.25, -0.2) is 4.90 Å². The highest BCUT2D eigenvalue weighted by Crippen LogP contribution is 2.54. The Bertz CT molecular complexity index is 1500. The molecule has 5 rings (SSSR count). The van der Waals surface area contributed by atoms with Crippen molar-refractivity contribution in [1.29, 1.82) is 0 Å². The molecule has 0 aliphatic carbocycles. The molecule has 42 heavy (non-hydrogen) atoms. The number of imide groups is 1. The summed E-state index contributed by atoms with van der Waals surface area (Å²) in [7, 11) is 1.03. The van der Waals surface area contributed by atoms with Crippen LogP contribution < -0.4 is 10.2 Å². The fourth-order valence-corrected chi connectivity index (χ4v) is 6.27. The fourth-order valence-electron chi connectivity index (χ4n) is 5.70. The molecule has 2 fully saturated rings. The van der Waals surface area contributed by atoms with Gasteiger partial charge in [-0.1, -0.05) is 53.5 Å². The van der Waals surface area contributed by atoms with Gasteiger partial charge in [0.25, 0.3) is 0 Å². The molecule has 2 saturated heterocycles. The number of alkyl halides is 6. The predicted molar refractivity (Wildman–Crippen MR) is 139 cm³/mol. The number of para-hydroxylation sites is 1. The monoisotopic (exact) mass is 630 g/mol. The first kappa shape index (κ1) is 29.9. The average molecular weight is 631 g/mol. The highest BCUT2D eigenvalue weighted by atomic mass is 35.5. The lowest BCUT2D eigenvalue weighted by molar-refractivity contribution is -0.145. The Hall–Kier alpha value is -3.61. The van der Waals surface area contributed by atoms with Crippen LogP contribution in [0.3, 0.4) is 0 Å². The second-order valence-electron chi connectivity index (χ2n) is 9.69. The maximum atomic E-state index is 14.2. The Morgan fingerprint density at radius 1 is 0.810 bits per heavy atom. The molecule has 2 aliphatic heterocycles. The fraction of sp³-hybridized carbons (Fsp3) is 0.250. The third-order valence-corrected chi connectivity index (χ3v) is 8.12. The number of benzene rings is 3. The lowest BCUT2D eigenvalue weighted by atomic mass is 9.71. The van der Waals surface area contributed by atoms with Gasteiger partial charge in [-0.15, -0.1) is 0 Å². The van der Waals surface area contributed by atoms with Gasteiger partial charge in [0, 0.05) is 0 Å². The Morgan fingerprint density at radius 2 is 1.26 bits per heavy atom. The van der Waals surface area contributed by atoms with E-state index in [-0.39, 0.29) is 26.9 Å². The number of ether oxygens (including phenoxy) is 1. The Labute approximate surface area is 244 Å². The van der Waals surface area contributed by atoms with Gasteiger partial charge in [0.15, 0.2) is 0 Å². The van der Waals surface area contributed by atoms with Gasteiger partial charge < -0.3 is 4.74 Å². The minimum atomic E-state index is -4.73. The third kappa shape index (κ3) is 4.61. The van der Waals surface area contributed by atoms with Crippen LogP contribution in [0.1, 0.15) is 22.3 Å². The normalized spacial score (nSPS) is 21.9. The van der Waals surface area contributed by atoms with E-state index < -0.39 is 64.7 Å². The van der Waals surface area contributed by atoms with E-state index in [4.69, 9.17) is 27.9 Å². The Balaban J connectivity index is 1.78. The number of rotatable bonds is 4. The molecule has 0 spiro atoms. The summed E-state index contributed by atoms with van der Waals surface area (Å²) >= 11 is 12.6. The van der Waals surface area contributed by atoms with Crippen LogP contribution in [-0.4, -0.2) is 30.9 Å². The first-order valence-electron chi connectivity index (χ1n) is 12.2. The van der Waals surface area contributed by atoms with Crippen molar-refractivity contribution in [1.82, 2.24) is 5.32 Å². The lowest BCUT2D eigenvalue weighted by Crippen LogP contribution is -2.52. The van der Waals surface area contributed by atoms with Crippen LogP contribution in [0.5, 0.6) is 0 Å². The smallest absolute Gasteiger partial charge is 0.416 e. The number of methoxy groups -OCH3 is 1. The van der Waals surface area contributed by atoms with Gasteiger partial charge in [-0.2, -0.15) is 26.3 Å². The van der Waals surface area contributed by atoms with E-state index in [1.54, 1.807) is 0 Å². The standard InChI is InChI=1S/C28H18Cl2F6N2O4/c1-42-25(41)21-19-20(24(40)38(23(19)39)22-17(29)3-2-4-18(22)30)26(37-21,13-5-9-15(10-6-13)27(31,32)33)14-7-11-16(12-8-14)28(34,35)36/h2-12,19-21,37H,1H3/t19-,20-,21+/m0/s1.